The van der Waals surface area contributed by atoms with Crippen molar-refractivity contribution in [2.75, 3.05) is 0 Å². The largest absolute Gasteiger partial charge is 0.476 e. The Morgan fingerprint density at radius 2 is 2.11 bits per heavy atom. The monoisotopic (exact) mass is 260 g/mol. The average molecular weight is 260 g/mol. The van der Waals surface area contributed by atoms with Crippen molar-refractivity contribution in [2.24, 2.45) is 7.05 Å². The normalized spacial score (nSPS) is 11.8. The number of carbonyl (C=O) groups is 1. The van der Waals surface area contributed by atoms with E-state index in [-0.39, 0.29) is 5.82 Å². The van der Waals surface area contributed by atoms with Gasteiger partial charge in [0.25, 0.3) is 0 Å². The second-order valence-electron chi connectivity index (χ2n) is 3.44. The highest BCUT2D eigenvalue weighted by Gasteiger charge is 2.37. The number of nitrogens with zero attached hydrogens (tertiary/aromatic N) is 4. The fourth-order valence-electron chi connectivity index (χ4n) is 1.44. The van der Waals surface area contributed by atoms with Crippen LogP contribution in [0, 0.1) is 0 Å². The third kappa shape index (κ3) is 1.94. The van der Waals surface area contributed by atoms with Crippen LogP contribution in [-0.4, -0.2) is 30.6 Å². The van der Waals surface area contributed by atoms with Crippen LogP contribution in [-0.2, 0) is 13.2 Å². The smallest absolute Gasteiger partial charge is 0.433 e. The highest BCUT2D eigenvalue weighted by molar-refractivity contribution is 5.85. The second-order valence-corrected chi connectivity index (χ2v) is 3.44. The number of alkyl halides is 3. The van der Waals surface area contributed by atoms with E-state index < -0.39 is 23.5 Å². The number of carboxylic acid groups (broad SMARTS) is 1. The predicted molar refractivity (Wildman–Crippen MR) is 52.3 cm³/mol. The zero-order chi connectivity index (χ0) is 13.5. The maximum atomic E-state index is 12.8. The Hall–Kier alpha value is -2.32. The number of aromatic carboxylic acids is 1. The summed E-state index contributed by atoms with van der Waals surface area (Å²) < 4.78 is 40.0. The van der Waals surface area contributed by atoms with Gasteiger partial charge in [-0.15, -0.1) is 0 Å². The van der Waals surface area contributed by atoms with E-state index in [1.165, 1.54) is 19.3 Å². The molecular formula is C9H7F3N4O2. The molecule has 0 fully saturated rings. The van der Waals surface area contributed by atoms with Gasteiger partial charge in [0.1, 0.15) is 0 Å². The van der Waals surface area contributed by atoms with Crippen LogP contribution in [0.4, 0.5) is 13.2 Å². The first kappa shape index (κ1) is 12.1. The lowest BCUT2D eigenvalue weighted by Gasteiger charge is -2.09. The lowest BCUT2D eigenvalue weighted by molar-refractivity contribution is -0.142. The molecule has 0 saturated carbocycles. The summed E-state index contributed by atoms with van der Waals surface area (Å²) in [6.07, 6.45) is -3.41. The summed E-state index contributed by atoms with van der Waals surface area (Å²) >= 11 is 0. The summed E-state index contributed by atoms with van der Waals surface area (Å²) in [7, 11) is 1.43. The Bertz CT molecular complexity index is 599. The minimum absolute atomic E-state index is 0.0230. The molecule has 0 radical (unpaired) electrons. The number of hydrogen-bond donors (Lipinski definition) is 1. The molecule has 6 nitrogen and oxygen atoms in total. The first-order valence-electron chi connectivity index (χ1n) is 4.69. The zero-order valence-corrected chi connectivity index (χ0v) is 9.01. The number of aryl methyl sites for hydroxylation is 1. The van der Waals surface area contributed by atoms with Gasteiger partial charge in [-0.25, -0.2) is 9.48 Å². The van der Waals surface area contributed by atoms with Crippen molar-refractivity contribution in [3.8, 4) is 5.82 Å². The maximum absolute atomic E-state index is 12.8. The van der Waals surface area contributed by atoms with Gasteiger partial charge in [-0.05, 0) is 0 Å². The van der Waals surface area contributed by atoms with Crippen LogP contribution < -0.4 is 0 Å². The lowest BCUT2D eigenvalue weighted by Crippen LogP contribution is -2.15. The van der Waals surface area contributed by atoms with Gasteiger partial charge in [0, 0.05) is 19.2 Å². The molecule has 2 aromatic heterocycles. The van der Waals surface area contributed by atoms with Gasteiger partial charge < -0.3 is 5.11 Å². The number of aromatic nitrogens is 4. The van der Waals surface area contributed by atoms with Crippen molar-refractivity contribution in [2.45, 2.75) is 6.18 Å². The summed E-state index contributed by atoms with van der Waals surface area (Å²) in [5.74, 6) is -1.50. The molecule has 0 spiro atoms. The third-order valence-electron chi connectivity index (χ3n) is 2.23. The minimum atomic E-state index is -4.70. The van der Waals surface area contributed by atoms with Crippen LogP contribution in [0.3, 0.4) is 0 Å². The summed E-state index contributed by atoms with van der Waals surface area (Å²) in [5, 5.41) is 15.8. The molecule has 0 amide bonds. The molecule has 1 N–H and O–H groups in total. The summed E-state index contributed by atoms with van der Waals surface area (Å²) in [6, 6.07) is 1.78. The Labute approximate surface area is 98.3 Å². The fraction of sp³-hybridized carbons (Fsp3) is 0.222. The van der Waals surface area contributed by atoms with E-state index in [1.807, 2.05) is 0 Å². The van der Waals surface area contributed by atoms with Gasteiger partial charge in [-0.2, -0.15) is 23.4 Å². The molecule has 0 aliphatic rings. The van der Waals surface area contributed by atoms with Crippen LogP contribution in [0.25, 0.3) is 5.82 Å². The molecule has 96 valence electrons. The average Bonchev–Trinajstić information content (AvgIpc) is 2.81. The molecule has 0 unspecified atom stereocenters. The Morgan fingerprint density at radius 3 is 2.56 bits per heavy atom. The molecule has 2 heterocycles. The fourth-order valence-corrected chi connectivity index (χ4v) is 1.44. The predicted octanol–water partition coefficient (Wildman–Crippen LogP) is 1.32. The molecule has 2 rings (SSSR count). The van der Waals surface area contributed by atoms with Gasteiger partial charge in [0.2, 0.25) is 0 Å². The molecule has 2 aromatic rings. The van der Waals surface area contributed by atoms with E-state index in [2.05, 4.69) is 10.2 Å². The standard InChI is InChI=1S/C9H7F3N4O2/c1-15-7(2-3-13-15)16-6(9(10,11)12)4-5(14-16)8(17)18/h2-4H,1H3,(H,17,18). The van der Waals surface area contributed by atoms with E-state index >= 15 is 0 Å². The van der Waals surface area contributed by atoms with E-state index in [1.54, 1.807) is 0 Å². The number of hydrogen-bond acceptors (Lipinski definition) is 3. The molecule has 0 bridgehead atoms. The topological polar surface area (TPSA) is 72.9 Å². The summed E-state index contributed by atoms with van der Waals surface area (Å²) in [5.41, 5.74) is -1.84. The van der Waals surface area contributed by atoms with E-state index in [9.17, 15) is 18.0 Å². The van der Waals surface area contributed by atoms with Gasteiger partial charge in [-0.1, -0.05) is 0 Å². The number of carboxylic acids is 1. The van der Waals surface area contributed by atoms with Gasteiger partial charge in [0.15, 0.2) is 17.2 Å². The summed E-state index contributed by atoms with van der Waals surface area (Å²) in [4.78, 5) is 10.7. The lowest BCUT2D eigenvalue weighted by atomic mass is 10.3. The van der Waals surface area contributed by atoms with E-state index in [4.69, 9.17) is 5.11 Å². The Kier molecular flexibility index (Phi) is 2.60. The first-order valence-corrected chi connectivity index (χ1v) is 4.69. The van der Waals surface area contributed by atoms with Gasteiger partial charge in [-0.3, -0.25) is 4.68 Å². The van der Waals surface area contributed by atoms with E-state index in [0.29, 0.717) is 10.7 Å². The SMILES string of the molecule is Cn1nccc1-n1nc(C(=O)O)cc1C(F)(F)F. The van der Waals surface area contributed by atoms with Gasteiger partial charge in [0.05, 0.1) is 6.20 Å². The van der Waals surface area contributed by atoms with Crippen molar-refractivity contribution in [3.05, 3.63) is 29.7 Å². The van der Waals surface area contributed by atoms with Crippen molar-refractivity contribution in [1.29, 1.82) is 0 Å². The van der Waals surface area contributed by atoms with Crippen LogP contribution in [0.5, 0.6) is 0 Å². The molecule has 0 atom stereocenters. The molecule has 9 heteroatoms. The van der Waals surface area contributed by atoms with Crippen LogP contribution in [0.2, 0.25) is 0 Å². The van der Waals surface area contributed by atoms with Gasteiger partial charge >= 0.3 is 12.1 Å². The highest BCUT2D eigenvalue weighted by atomic mass is 19.4. The highest BCUT2D eigenvalue weighted by Crippen LogP contribution is 2.31. The quantitative estimate of drug-likeness (QED) is 0.883. The minimum Gasteiger partial charge on any atom is -0.476 e. The molecule has 0 aliphatic carbocycles. The number of halogens is 3. The van der Waals surface area contributed by atoms with Crippen molar-refractivity contribution in [3.63, 3.8) is 0 Å². The molecule has 0 aliphatic heterocycles. The van der Waals surface area contributed by atoms with Crippen molar-refractivity contribution in [1.82, 2.24) is 19.6 Å². The zero-order valence-electron chi connectivity index (χ0n) is 9.01. The van der Waals surface area contributed by atoms with E-state index in [0.717, 1.165) is 4.68 Å². The van der Waals surface area contributed by atoms with Crippen LogP contribution >= 0.6 is 0 Å². The van der Waals surface area contributed by atoms with Crippen molar-refractivity contribution >= 4 is 5.97 Å². The molecule has 18 heavy (non-hydrogen) atoms. The van der Waals surface area contributed by atoms with Crippen LogP contribution in [0.1, 0.15) is 16.2 Å². The van der Waals surface area contributed by atoms with Crippen LogP contribution in [0.15, 0.2) is 18.3 Å². The maximum Gasteiger partial charge on any atom is 0.433 e. The first-order chi connectivity index (χ1) is 8.30. The molecule has 0 saturated heterocycles. The Balaban J connectivity index is 2.66. The molecular weight excluding hydrogens is 253 g/mol. The number of rotatable bonds is 2. The second kappa shape index (κ2) is 3.86. The van der Waals surface area contributed by atoms with Crippen molar-refractivity contribution < 1.29 is 23.1 Å². The third-order valence-corrected chi connectivity index (χ3v) is 2.23. The summed E-state index contributed by atoms with van der Waals surface area (Å²) in [6.45, 7) is 0. The molecule has 0 aromatic carbocycles. The Morgan fingerprint density at radius 1 is 1.44 bits per heavy atom.